The Hall–Kier alpha value is -0.460. The van der Waals surface area contributed by atoms with Gasteiger partial charge < -0.3 is 5.32 Å². The van der Waals surface area contributed by atoms with E-state index in [0.717, 1.165) is 0 Å². The standard InChI is InChI=1S/C10H19N/c1-9-7-5-3-4-6-8-10(9)11-2/h11H,3-8H2,1-2H3/b10-9+. The third-order valence-corrected chi connectivity index (χ3v) is 2.55. The van der Waals surface area contributed by atoms with Crippen LogP contribution in [0.4, 0.5) is 0 Å². The summed E-state index contributed by atoms with van der Waals surface area (Å²) < 4.78 is 0. The third kappa shape index (κ3) is 2.57. The quantitative estimate of drug-likeness (QED) is 0.611. The van der Waals surface area contributed by atoms with Crippen molar-refractivity contribution in [1.29, 1.82) is 0 Å². The minimum absolute atomic E-state index is 1.27. The van der Waals surface area contributed by atoms with Gasteiger partial charge in [0.15, 0.2) is 0 Å². The molecule has 1 rings (SSSR count). The number of hydrogen-bond donors (Lipinski definition) is 1. The number of rotatable bonds is 1. The zero-order chi connectivity index (χ0) is 8.10. The van der Waals surface area contributed by atoms with Crippen LogP contribution in [0.2, 0.25) is 0 Å². The molecule has 1 aliphatic rings. The van der Waals surface area contributed by atoms with Gasteiger partial charge in [0.05, 0.1) is 0 Å². The van der Waals surface area contributed by atoms with Gasteiger partial charge >= 0.3 is 0 Å². The van der Waals surface area contributed by atoms with E-state index < -0.39 is 0 Å². The fourth-order valence-corrected chi connectivity index (χ4v) is 1.75. The summed E-state index contributed by atoms with van der Waals surface area (Å²) in [6.07, 6.45) is 8.16. The highest BCUT2D eigenvalue weighted by Crippen LogP contribution is 2.20. The molecule has 0 amide bonds. The summed E-state index contributed by atoms with van der Waals surface area (Å²) in [5.74, 6) is 0. The van der Waals surface area contributed by atoms with E-state index in [1.54, 1.807) is 5.57 Å². The Labute approximate surface area is 69.9 Å². The predicted molar refractivity (Wildman–Crippen MR) is 49.5 cm³/mol. The minimum atomic E-state index is 1.27. The summed E-state index contributed by atoms with van der Waals surface area (Å²) in [5.41, 5.74) is 3.07. The van der Waals surface area contributed by atoms with Crippen LogP contribution in [0.3, 0.4) is 0 Å². The van der Waals surface area contributed by atoms with Crippen LogP contribution in [0, 0.1) is 0 Å². The van der Waals surface area contributed by atoms with E-state index in [4.69, 9.17) is 0 Å². The molecule has 0 aromatic carbocycles. The van der Waals surface area contributed by atoms with Crippen molar-refractivity contribution in [2.75, 3.05) is 7.05 Å². The molecule has 1 nitrogen and oxygen atoms in total. The van der Waals surface area contributed by atoms with Gasteiger partial charge in [-0.15, -0.1) is 0 Å². The van der Waals surface area contributed by atoms with Gasteiger partial charge in [-0.1, -0.05) is 18.4 Å². The van der Waals surface area contributed by atoms with Crippen molar-refractivity contribution in [3.05, 3.63) is 11.3 Å². The first-order chi connectivity index (χ1) is 5.34. The van der Waals surface area contributed by atoms with E-state index in [9.17, 15) is 0 Å². The fraction of sp³-hybridized carbons (Fsp3) is 0.800. The smallest absolute Gasteiger partial charge is 0.00931 e. The first-order valence-electron chi connectivity index (χ1n) is 4.71. The Morgan fingerprint density at radius 2 is 1.64 bits per heavy atom. The lowest BCUT2D eigenvalue weighted by atomic mass is 9.98. The zero-order valence-corrected chi connectivity index (χ0v) is 7.74. The van der Waals surface area contributed by atoms with Crippen LogP contribution in [0.25, 0.3) is 0 Å². The largest absolute Gasteiger partial charge is 0.391 e. The van der Waals surface area contributed by atoms with Gasteiger partial charge in [-0.05, 0) is 32.6 Å². The van der Waals surface area contributed by atoms with Crippen molar-refractivity contribution in [3.63, 3.8) is 0 Å². The topological polar surface area (TPSA) is 12.0 Å². The lowest BCUT2D eigenvalue weighted by molar-refractivity contribution is 0.595. The van der Waals surface area contributed by atoms with E-state index >= 15 is 0 Å². The summed E-state index contributed by atoms with van der Waals surface area (Å²) in [7, 11) is 2.04. The minimum Gasteiger partial charge on any atom is -0.391 e. The molecule has 1 aliphatic carbocycles. The molecule has 0 aromatic heterocycles. The van der Waals surface area contributed by atoms with Crippen molar-refractivity contribution < 1.29 is 0 Å². The fourth-order valence-electron chi connectivity index (χ4n) is 1.75. The normalized spacial score (nSPS) is 27.5. The van der Waals surface area contributed by atoms with Crippen LogP contribution < -0.4 is 5.32 Å². The average molecular weight is 153 g/mol. The number of hydrogen-bond acceptors (Lipinski definition) is 1. The Balaban J connectivity index is 2.56. The van der Waals surface area contributed by atoms with E-state index in [-0.39, 0.29) is 0 Å². The molecule has 0 unspecified atom stereocenters. The monoisotopic (exact) mass is 153 g/mol. The highest BCUT2D eigenvalue weighted by molar-refractivity contribution is 5.10. The Morgan fingerprint density at radius 3 is 2.27 bits per heavy atom. The van der Waals surface area contributed by atoms with Crippen molar-refractivity contribution in [3.8, 4) is 0 Å². The van der Waals surface area contributed by atoms with Crippen LogP contribution in [0.1, 0.15) is 45.4 Å². The molecule has 1 heteroatoms. The van der Waals surface area contributed by atoms with Crippen molar-refractivity contribution in [2.45, 2.75) is 45.4 Å². The van der Waals surface area contributed by atoms with Gasteiger partial charge in [-0.3, -0.25) is 0 Å². The van der Waals surface area contributed by atoms with Gasteiger partial charge in [0, 0.05) is 12.7 Å². The summed E-state index contributed by atoms with van der Waals surface area (Å²) in [6.45, 7) is 2.26. The zero-order valence-electron chi connectivity index (χ0n) is 7.74. The van der Waals surface area contributed by atoms with Gasteiger partial charge in [0.1, 0.15) is 0 Å². The van der Waals surface area contributed by atoms with E-state index in [1.165, 1.54) is 44.2 Å². The molecule has 0 saturated carbocycles. The first kappa shape index (κ1) is 8.63. The molecule has 0 heterocycles. The molecule has 0 aliphatic heterocycles. The molecule has 0 aromatic rings. The molecule has 1 N–H and O–H groups in total. The second-order valence-electron chi connectivity index (χ2n) is 3.42. The molecule has 0 saturated heterocycles. The maximum Gasteiger partial charge on any atom is 0.00931 e. The molecule has 0 spiro atoms. The third-order valence-electron chi connectivity index (χ3n) is 2.55. The van der Waals surface area contributed by atoms with Crippen LogP contribution in [0.15, 0.2) is 11.3 Å². The number of nitrogens with one attached hydrogen (secondary N) is 1. The van der Waals surface area contributed by atoms with Gasteiger partial charge in [-0.25, -0.2) is 0 Å². The molecule has 0 fully saturated rings. The Morgan fingerprint density at radius 1 is 1.00 bits per heavy atom. The molecule has 0 atom stereocenters. The first-order valence-corrected chi connectivity index (χ1v) is 4.71. The Kier molecular flexibility index (Phi) is 3.47. The lowest BCUT2D eigenvalue weighted by Crippen LogP contribution is -2.09. The van der Waals surface area contributed by atoms with Crippen molar-refractivity contribution >= 4 is 0 Å². The Bertz CT molecular complexity index is 147. The van der Waals surface area contributed by atoms with Crippen molar-refractivity contribution in [2.24, 2.45) is 0 Å². The molecular weight excluding hydrogens is 134 g/mol. The molecule has 0 bridgehead atoms. The lowest BCUT2D eigenvalue weighted by Gasteiger charge is -2.14. The van der Waals surface area contributed by atoms with E-state index in [2.05, 4.69) is 12.2 Å². The van der Waals surface area contributed by atoms with Gasteiger partial charge in [0.2, 0.25) is 0 Å². The summed E-state index contributed by atoms with van der Waals surface area (Å²) in [5, 5.41) is 3.30. The highest BCUT2D eigenvalue weighted by atomic mass is 14.8. The maximum atomic E-state index is 3.30. The van der Waals surface area contributed by atoms with Crippen molar-refractivity contribution in [1.82, 2.24) is 5.32 Å². The molecular formula is C10H19N. The van der Waals surface area contributed by atoms with Gasteiger partial charge in [-0.2, -0.15) is 0 Å². The summed E-state index contributed by atoms with van der Waals surface area (Å²) in [4.78, 5) is 0. The molecule has 64 valence electrons. The SMILES string of the molecule is CN/C1=C(\C)CCCCCC1. The van der Waals surface area contributed by atoms with Crippen LogP contribution >= 0.6 is 0 Å². The highest BCUT2D eigenvalue weighted by Gasteiger charge is 2.04. The van der Waals surface area contributed by atoms with Crippen LogP contribution in [-0.4, -0.2) is 7.05 Å². The molecule has 11 heavy (non-hydrogen) atoms. The van der Waals surface area contributed by atoms with Crippen LogP contribution in [0.5, 0.6) is 0 Å². The second-order valence-corrected chi connectivity index (χ2v) is 3.42. The average Bonchev–Trinajstić information content (AvgIpc) is 1.98. The second kappa shape index (κ2) is 4.42. The maximum absolute atomic E-state index is 3.30. The van der Waals surface area contributed by atoms with E-state index in [0.29, 0.717) is 0 Å². The van der Waals surface area contributed by atoms with Gasteiger partial charge in [0.25, 0.3) is 0 Å². The number of allylic oxidation sites excluding steroid dienone is 2. The van der Waals surface area contributed by atoms with Crippen LogP contribution in [-0.2, 0) is 0 Å². The van der Waals surface area contributed by atoms with E-state index in [1.807, 2.05) is 7.05 Å². The predicted octanol–water partition coefficient (Wildman–Crippen LogP) is 2.83. The molecule has 0 radical (unpaired) electrons. The summed E-state index contributed by atoms with van der Waals surface area (Å²) in [6, 6.07) is 0. The summed E-state index contributed by atoms with van der Waals surface area (Å²) >= 11 is 0.